The Kier molecular flexibility index (Phi) is 5.21. The Hall–Kier alpha value is -1.89. The molecule has 2 heterocycles. The highest BCUT2D eigenvalue weighted by atomic mass is 35.5. The summed E-state index contributed by atoms with van der Waals surface area (Å²) in [5, 5.41) is 14.0. The van der Waals surface area contributed by atoms with Crippen LogP contribution in [0.4, 0.5) is 0 Å². The number of nitrogens with zero attached hydrogens (tertiary/aromatic N) is 1. The third kappa shape index (κ3) is 3.04. The van der Waals surface area contributed by atoms with E-state index in [1.54, 1.807) is 7.11 Å². The fraction of sp³-hybridized carbons (Fsp3) is 0.524. The number of aromatic amines is 1. The molecule has 1 saturated carbocycles. The van der Waals surface area contributed by atoms with Crippen LogP contribution < -0.4 is 10.6 Å². The van der Waals surface area contributed by atoms with Crippen LogP contribution in [-0.4, -0.2) is 42.4 Å². The second kappa shape index (κ2) is 7.50. The normalized spacial score (nSPS) is 25.2. The number of piperidine rings is 1. The summed E-state index contributed by atoms with van der Waals surface area (Å²) < 4.78 is 6.02. The van der Waals surface area contributed by atoms with Crippen LogP contribution in [0.2, 0.25) is 0 Å². The number of fused-ring (bicyclic) bond motifs is 2. The van der Waals surface area contributed by atoms with Crippen molar-refractivity contribution in [3.63, 3.8) is 0 Å². The molecule has 0 unspecified atom stereocenters. The lowest BCUT2D eigenvalue weighted by Gasteiger charge is -2.40. The van der Waals surface area contributed by atoms with Gasteiger partial charge in [-0.25, -0.2) is 0 Å². The molecule has 1 aromatic heterocycles. The van der Waals surface area contributed by atoms with E-state index in [0.29, 0.717) is 11.6 Å². The second-order valence-corrected chi connectivity index (χ2v) is 8.08. The van der Waals surface area contributed by atoms with E-state index < -0.39 is 0 Å². The fourth-order valence-corrected chi connectivity index (χ4v) is 5.07. The van der Waals surface area contributed by atoms with Crippen LogP contribution >= 0.6 is 12.4 Å². The van der Waals surface area contributed by atoms with Crippen LogP contribution in [0, 0.1) is 0 Å². The molecule has 28 heavy (non-hydrogen) atoms. The SMILES string of the molecule is CO[C@H]1[C@H](NC(=O)c2cc(C3CC3)[nH]n2)c2ccccc2C12CCNCC2.Cl. The topological polar surface area (TPSA) is 79.0 Å². The van der Waals surface area contributed by atoms with E-state index in [4.69, 9.17) is 4.74 Å². The second-order valence-electron chi connectivity index (χ2n) is 8.08. The predicted molar refractivity (Wildman–Crippen MR) is 109 cm³/mol. The molecule has 1 amide bonds. The van der Waals surface area contributed by atoms with Crippen LogP contribution in [0.3, 0.4) is 0 Å². The first-order chi connectivity index (χ1) is 13.2. The maximum Gasteiger partial charge on any atom is 0.272 e. The third-order valence-corrected chi connectivity index (χ3v) is 6.56. The highest BCUT2D eigenvalue weighted by molar-refractivity contribution is 5.92. The monoisotopic (exact) mass is 402 g/mol. The smallest absolute Gasteiger partial charge is 0.272 e. The maximum absolute atomic E-state index is 12.9. The Morgan fingerprint density at radius 3 is 2.71 bits per heavy atom. The summed E-state index contributed by atoms with van der Waals surface area (Å²) in [4.78, 5) is 12.9. The summed E-state index contributed by atoms with van der Waals surface area (Å²) in [5.41, 5.74) is 4.00. The molecular weight excluding hydrogens is 376 g/mol. The first kappa shape index (κ1) is 19.4. The van der Waals surface area contributed by atoms with Gasteiger partial charge in [-0.05, 0) is 56.0 Å². The maximum atomic E-state index is 12.9. The lowest BCUT2D eigenvalue weighted by atomic mass is 9.72. The van der Waals surface area contributed by atoms with Gasteiger partial charge in [0.2, 0.25) is 0 Å². The first-order valence-corrected chi connectivity index (χ1v) is 9.92. The molecule has 1 aliphatic heterocycles. The summed E-state index contributed by atoms with van der Waals surface area (Å²) in [6.07, 6.45) is 4.33. The standard InChI is InChI=1S/C21H26N4O2.ClH/c1-27-19-18(23-20(26)17-12-16(24-25-17)13-6-7-13)14-4-2-3-5-15(14)21(19)8-10-22-11-9-21;/h2-5,12-13,18-19,22H,6-11H2,1H3,(H,23,26)(H,24,25);1H/t18-,19+;/m1./s1. The number of methoxy groups -OCH3 is 1. The van der Waals surface area contributed by atoms with Crippen LogP contribution in [0.1, 0.15) is 65.0 Å². The molecule has 2 fully saturated rings. The predicted octanol–water partition coefficient (Wildman–Crippen LogP) is 2.83. The van der Waals surface area contributed by atoms with E-state index in [-0.39, 0.29) is 35.9 Å². The zero-order chi connectivity index (χ0) is 18.4. The van der Waals surface area contributed by atoms with Crippen molar-refractivity contribution in [2.24, 2.45) is 0 Å². The summed E-state index contributed by atoms with van der Waals surface area (Å²) in [7, 11) is 1.76. The third-order valence-electron chi connectivity index (χ3n) is 6.56. The van der Waals surface area contributed by atoms with Gasteiger partial charge in [0.05, 0.1) is 12.1 Å². The van der Waals surface area contributed by atoms with Crippen molar-refractivity contribution in [1.29, 1.82) is 0 Å². The summed E-state index contributed by atoms with van der Waals surface area (Å²) in [5.74, 6) is 0.418. The Morgan fingerprint density at radius 2 is 2.00 bits per heavy atom. The Morgan fingerprint density at radius 1 is 1.25 bits per heavy atom. The molecule has 2 aromatic rings. The number of carbonyl (C=O) groups excluding carboxylic acids is 1. The summed E-state index contributed by atoms with van der Waals surface area (Å²) in [6.45, 7) is 1.94. The number of aromatic nitrogens is 2. The zero-order valence-electron chi connectivity index (χ0n) is 16.0. The lowest BCUT2D eigenvalue weighted by Crippen LogP contribution is -2.49. The minimum absolute atomic E-state index is 0. The van der Waals surface area contributed by atoms with Crippen molar-refractivity contribution in [2.75, 3.05) is 20.2 Å². The first-order valence-electron chi connectivity index (χ1n) is 9.92. The number of benzene rings is 1. The average Bonchev–Trinajstić information content (AvgIpc) is 3.38. The lowest BCUT2D eigenvalue weighted by molar-refractivity contribution is 0.00392. The van der Waals surface area contributed by atoms with Crippen molar-refractivity contribution in [2.45, 2.75) is 49.2 Å². The molecule has 2 aliphatic carbocycles. The number of amides is 1. The quantitative estimate of drug-likeness (QED) is 0.734. The van der Waals surface area contributed by atoms with Crippen LogP contribution in [0.5, 0.6) is 0 Å². The van der Waals surface area contributed by atoms with E-state index in [9.17, 15) is 4.79 Å². The molecule has 2 atom stereocenters. The molecule has 0 radical (unpaired) electrons. The number of ether oxygens (including phenoxy) is 1. The largest absolute Gasteiger partial charge is 0.378 e. The molecule has 6 nitrogen and oxygen atoms in total. The van der Waals surface area contributed by atoms with Gasteiger partial charge in [0.15, 0.2) is 0 Å². The van der Waals surface area contributed by atoms with Gasteiger partial charge in [-0.2, -0.15) is 5.10 Å². The molecule has 1 aromatic carbocycles. The molecular formula is C21H27ClN4O2. The molecule has 3 N–H and O–H groups in total. The van der Waals surface area contributed by atoms with Gasteiger partial charge in [0.1, 0.15) is 5.69 Å². The molecule has 1 spiro atoms. The van der Waals surface area contributed by atoms with Crippen molar-refractivity contribution in [3.8, 4) is 0 Å². The van der Waals surface area contributed by atoms with Crippen LogP contribution in [-0.2, 0) is 10.2 Å². The van der Waals surface area contributed by atoms with E-state index in [1.807, 2.05) is 12.1 Å². The minimum Gasteiger partial charge on any atom is -0.378 e. The molecule has 7 heteroatoms. The number of rotatable bonds is 4. The number of nitrogens with one attached hydrogen (secondary N) is 3. The van der Waals surface area contributed by atoms with Gasteiger partial charge < -0.3 is 15.4 Å². The van der Waals surface area contributed by atoms with Crippen molar-refractivity contribution >= 4 is 18.3 Å². The Bertz CT molecular complexity index is 858. The number of hydrogen-bond acceptors (Lipinski definition) is 4. The van der Waals surface area contributed by atoms with Crippen LogP contribution in [0.25, 0.3) is 0 Å². The number of halogens is 1. The minimum atomic E-state index is -0.155. The Balaban J connectivity index is 0.00000192. The molecule has 3 aliphatic rings. The number of hydrogen-bond donors (Lipinski definition) is 3. The van der Waals surface area contributed by atoms with Crippen LogP contribution in [0.15, 0.2) is 30.3 Å². The molecule has 1 saturated heterocycles. The highest BCUT2D eigenvalue weighted by Crippen LogP contribution is 2.51. The molecule has 5 rings (SSSR count). The molecule has 150 valence electrons. The number of carbonyl (C=O) groups is 1. The van der Waals surface area contributed by atoms with Gasteiger partial charge in [0.25, 0.3) is 5.91 Å². The van der Waals surface area contributed by atoms with Crippen molar-refractivity contribution in [3.05, 3.63) is 52.8 Å². The van der Waals surface area contributed by atoms with Gasteiger partial charge in [-0.1, -0.05) is 24.3 Å². The Labute approximate surface area is 171 Å². The number of H-pyrrole nitrogens is 1. The van der Waals surface area contributed by atoms with E-state index in [0.717, 1.165) is 31.6 Å². The summed E-state index contributed by atoms with van der Waals surface area (Å²) >= 11 is 0. The van der Waals surface area contributed by atoms with Gasteiger partial charge >= 0.3 is 0 Å². The summed E-state index contributed by atoms with van der Waals surface area (Å²) in [6, 6.07) is 10.2. The van der Waals surface area contributed by atoms with Gasteiger partial charge in [-0.3, -0.25) is 9.89 Å². The average molecular weight is 403 g/mol. The van der Waals surface area contributed by atoms with E-state index in [2.05, 4.69) is 39.0 Å². The molecule has 0 bridgehead atoms. The van der Waals surface area contributed by atoms with Gasteiger partial charge in [0, 0.05) is 24.1 Å². The van der Waals surface area contributed by atoms with Gasteiger partial charge in [-0.15, -0.1) is 12.4 Å². The van der Waals surface area contributed by atoms with Crippen molar-refractivity contribution < 1.29 is 9.53 Å². The van der Waals surface area contributed by atoms with E-state index >= 15 is 0 Å². The highest BCUT2D eigenvalue weighted by Gasteiger charge is 2.53. The fourth-order valence-electron chi connectivity index (χ4n) is 5.07. The van der Waals surface area contributed by atoms with E-state index in [1.165, 1.54) is 24.0 Å². The zero-order valence-corrected chi connectivity index (χ0v) is 16.8. The van der Waals surface area contributed by atoms with Crippen molar-refractivity contribution in [1.82, 2.24) is 20.8 Å².